The Morgan fingerprint density at radius 1 is 0.313 bits per heavy atom. The largest absolute Gasteiger partial charge is 0.462 e. The number of hydrogen-bond acceptors (Lipinski definition) is 6. The van der Waals surface area contributed by atoms with Gasteiger partial charge in [-0.05, 0) is 89.9 Å². The van der Waals surface area contributed by atoms with Gasteiger partial charge in [-0.1, -0.05) is 241 Å². The minimum atomic E-state index is -0.789. The van der Waals surface area contributed by atoms with E-state index in [1.54, 1.807) is 0 Å². The predicted octanol–water partition coefficient (Wildman–Crippen LogP) is 19.0. The highest BCUT2D eigenvalue weighted by Gasteiger charge is 2.19. The fourth-order valence-corrected chi connectivity index (χ4v) is 7.93. The summed E-state index contributed by atoms with van der Waals surface area (Å²) in [7, 11) is 0. The molecule has 0 fully saturated rings. The fourth-order valence-electron chi connectivity index (χ4n) is 7.93. The van der Waals surface area contributed by atoms with Crippen molar-refractivity contribution in [1.29, 1.82) is 0 Å². The summed E-state index contributed by atoms with van der Waals surface area (Å²) in [6.45, 7) is 6.50. The molecule has 0 N–H and O–H groups in total. The molecule has 386 valence electrons. The maximum Gasteiger partial charge on any atom is 0.306 e. The third-order valence-electron chi connectivity index (χ3n) is 12.2. The number of rotatable bonds is 51. The van der Waals surface area contributed by atoms with Crippen LogP contribution in [0.4, 0.5) is 0 Å². The van der Waals surface area contributed by atoms with Crippen molar-refractivity contribution in [1.82, 2.24) is 0 Å². The van der Waals surface area contributed by atoms with E-state index in [-0.39, 0.29) is 31.1 Å². The minimum Gasteiger partial charge on any atom is -0.462 e. The zero-order valence-corrected chi connectivity index (χ0v) is 44.2. The number of esters is 3. The van der Waals surface area contributed by atoms with Gasteiger partial charge in [0.15, 0.2) is 6.10 Å². The van der Waals surface area contributed by atoms with Gasteiger partial charge in [-0.15, -0.1) is 0 Å². The van der Waals surface area contributed by atoms with E-state index < -0.39 is 6.10 Å². The minimum absolute atomic E-state index is 0.0858. The van der Waals surface area contributed by atoms with Crippen LogP contribution in [0.5, 0.6) is 0 Å². The first-order valence-electron chi connectivity index (χ1n) is 28.4. The Hall–Kier alpha value is -3.15. The van der Waals surface area contributed by atoms with E-state index >= 15 is 0 Å². The summed E-state index contributed by atoms with van der Waals surface area (Å²) in [5, 5.41) is 0. The molecule has 6 nitrogen and oxygen atoms in total. The molecule has 0 rings (SSSR count). The van der Waals surface area contributed by atoms with E-state index in [9.17, 15) is 14.4 Å². The van der Waals surface area contributed by atoms with E-state index in [1.165, 1.54) is 141 Å². The van der Waals surface area contributed by atoms with Crippen molar-refractivity contribution in [2.24, 2.45) is 0 Å². The van der Waals surface area contributed by atoms with E-state index in [0.717, 1.165) is 96.3 Å². The molecule has 0 aliphatic carbocycles. The van der Waals surface area contributed by atoms with Gasteiger partial charge in [0.25, 0.3) is 0 Å². The predicted molar refractivity (Wildman–Crippen MR) is 288 cm³/mol. The van der Waals surface area contributed by atoms with Crippen LogP contribution in [0.3, 0.4) is 0 Å². The number of allylic oxidation sites excluding steroid dienone is 12. The Morgan fingerprint density at radius 3 is 0.940 bits per heavy atom. The van der Waals surface area contributed by atoms with Crippen LogP contribution in [0.1, 0.15) is 278 Å². The molecule has 67 heavy (non-hydrogen) atoms. The average molecular weight is 936 g/mol. The van der Waals surface area contributed by atoms with Gasteiger partial charge in [-0.2, -0.15) is 0 Å². The summed E-state index contributed by atoms with van der Waals surface area (Å²) in [5.74, 6) is -0.917. The van der Waals surface area contributed by atoms with E-state index in [4.69, 9.17) is 14.2 Å². The van der Waals surface area contributed by atoms with Crippen LogP contribution in [0.15, 0.2) is 72.9 Å². The number of carbonyl (C=O) groups excluding carboxylic acids is 3. The SMILES string of the molecule is CC/C=C\C/C=C\C/C=C\C/C=C\C/C=C\CCCCCC(=O)OC[C@@H](COC(=O)CCCCCCCCCCCCC)OC(=O)CCCCCCCCC/C=C\CCCCCCCCCC. The summed E-state index contributed by atoms with van der Waals surface area (Å²) in [6, 6.07) is 0. The molecule has 6 heteroatoms. The van der Waals surface area contributed by atoms with Crippen molar-refractivity contribution in [3.05, 3.63) is 72.9 Å². The summed E-state index contributed by atoms with van der Waals surface area (Å²) in [4.78, 5) is 38.1. The molecule has 0 aromatic rings. The van der Waals surface area contributed by atoms with Gasteiger partial charge in [0.1, 0.15) is 13.2 Å². The first-order chi connectivity index (χ1) is 33.0. The zero-order chi connectivity index (χ0) is 48.6. The summed E-state index contributed by atoms with van der Waals surface area (Å²) in [5.41, 5.74) is 0. The van der Waals surface area contributed by atoms with Gasteiger partial charge in [0, 0.05) is 19.3 Å². The number of hydrogen-bond donors (Lipinski definition) is 0. The highest BCUT2D eigenvalue weighted by Crippen LogP contribution is 2.15. The maximum atomic E-state index is 12.8. The molecule has 0 saturated carbocycles. The van der Waals surface area contributed by atoms with Crippen LogP contribution in [-0.4, -0.2) is 37.2 Å². The lowest BCUT2D eigenvalue weighted by Crippen LogP contribution is -2.30. The van der Waals surface area contributed by atoms with Gasteiger partial charge >= 0.3 is 17.9 Å². The molecule has 0 amide bonds. The Morgan fingerprint density at radius 2 is 0.582 bits per heavy atom. The first kappa shape index (κ1) is 63.8. The smallest absolute Gasteiger partial charge is 0.306 e. The number of carbonyl (C=O) groups is 3. The van der Waals surface area contributed by atoms with Gasteiger partial charge in [-0.3, -0.25) is 14.4 Å². The topological polar surface area (TPSA) is 78.9 Å². The number of ether oxygens (including phenoxy) is 3. The molecule has 0 aromatic heterocycles. The summed E-state index contributed by atoms with van der Waals surface area (Å²) < 4.78 is 16.8. The molecule has 0 unspecified atom stereocenters. The van der Waals surface area contributed by atoms with Gasteiger partial charge in [-0.25, -0.2) is 0 Å². The van der Waals surface area contributed by atoms with Crippen molar-refractivity contribution in [2.45, 2.75) is 284 Å². The van der Waals surface area contributed by atoms with Crippen molar-refractivity contribution in [3.8, 4) is 0 Å². The lowest BCUT2D eigenvalue weighted by molar-refractivity contribution is -0.167. The summed E-state index contributed by atoms with van der Waals surface area (Å²) in [6.07, 6.45) is 70.3. The van der Waals surface area contributed by atoms with E-state index in [0.29, 0.717) is 19.3 Å². The lowest BCUT2D eigenvalue weighted by Gasteiger charge is -2.18. The molecule has 1 atom stereocenters. The Bertz CT molecular complexity index is 1260. The molecule has 0 heterocycles. The quantitative estimate of drug-likeness (QED) is 0.0262. The average Bonchev–Trinajstić information content (AvgIpc) is 3.33. The Balaban J connectivity index is 4.40. The molecule has 0 spiro atoms. The van der Waals surface area contributed by atoms with Crippen LogP contribution in [0.2, 0.25) is 0 Å². The van der Waals surface area contributed by atoms with Crippen LogP contribution >= 0.6 is 0 Å². The van der Waals surface area contributed by atoms with Gasteiger partial charge in [0.05, 0.1) is 0 Å². The van der Waals surface area contributed by atoms with Crippen molar-refractivity contribution in [2.75, 3.05) is 13.2 Å². The molecule has 0 aromatic carbocycles. The highest BCUT2D eigenvalue weighted by atomic mass is 16.6. The van der Waals surface area contributed by atoms with Gasteiger partial charge in [0.2, 0.25) is 0 Å². The maximum absolute atomic E-state index is 12.8. The molecule has 0 saturated heterocycles. The van der Waals surface area contributed by atoms with Crippen molar-refractivity contribution >= 4 is 17.9 Å². The van der Waals surface area contributed by atoms with Crippen LogP contribution in [-0.2, 0) is 28.6 Å². The molecular formula is C61H106O6. The molecular weight excluding hydrogens is 829 g/mol. The Labute approximate surface area is 414 Å². The molecule has 0 radical (unpaired) electrons. The first-order valence-corrected chi connectivity index (χ1v) is 28.4. The van der Waals surface area contributed by atoms with Gasteiger partial charge < -0.3 is 14.2 Å². The van der Waals surface area contributed by atoms with Crippen LogP contribution in [0.25, 0.3) is 0 Å². The van der Waals surface area contributed by atoms with E-state index in [2.05, 4.69) is 93.7 Å². The van der Waals surface area contributed by atoms with Crippen molar-refractivity contribution in [3.63, 3.8) is 0 Å². The third-order valence-corrected chi connectivity index (χ3v) is 12.2. The third kappa shape index (κ3) is 53.7. The fraction of sp³-hybridized carbons (Fsp3) is 0.754. The Kier molecular flexibility index (Phi) is 52.8. The van der Waals surface area contributed by atoms with Crippen molar-refractivity contribution < 1.29 is 28.6 Å². The van der Waals surface area contributed by atoms with E-state index in [1.807, 2.05) is 0 Å². The standard InChI is InChI=1S/C61H106O6/c1-4-7-10-13-16-19-22-24-26-28-30-32-34-36-39-42-45-48-51-54-60(63)66-57-58(56-65-59(62)53-50-47-44-41-38-21-18-15-12-9-6-3)67-61(64)55-52-49-46-43-40-37-35-33-31-29-27-25-23-20-17-14-11-8-5-2/h7,10,16,19,24,26,29-32,36,39,58H,4-6,8-9,11-15,17-18,20-23,25,27-28,33-35,37-38,40-57H2,1-3H3/b10-7-,19-16-,26-24-,31-29-,32-30-,39-36-/t58-/m1/s1. The number of unbranched alkanes of at least 4 members (excludes halogenated alkanes) is 28. The second-order valence-corrected chi connectivity index (χ2v) is 18.8. The second kappa shape index (κ2) is 55.4. The van der Waals surface area contributed by atoms with Crippen LogP contribution in [0, 0.1) is 0 Å². The normalized spacial score (nSPS) is 12.6. The molecule has 0 aliphatic heterocycles. The zero-order valence-electron chi connectivity index (χ0n) is 44.2. The molecule has 0 bridgehead atoms. The monoisotopic (exact) mass is 935 g/mol. The summed E-state index contributed by atoms with van der Waals surface area (Å²) >= 11 is 0. The highest BCUT2D eigenvalue weighted by molar-refractivity contribution is 5.71. The lowest BCUT2D eigenvalue weighted by atomic mass is 10.1. The molecule has 0 aliphatic rings. The van der Waals surface area contributed by atoms with Crippen LogP contribution < -0.4 is 0 Å². The second-order valence-electron chi connectivity index (χ2n) is 18.8.